The van der Waals surface area contributed by atoms with Gasteiger partial charge >= 0.3 is 0 Å². The van der Waals surface area contributed by atoms with Gasteiger partial charge in [-0.3, -0.25) is 9.59 Å². The molecule has 8 nitrogen and oxygen atoms in total. The fraction of sp³-hybridized carbons (Fsp3) is 0.333. The van der Waals surface area contributed by atoms with Gasteiger partial charge in [-0.15, -0.1) is 0 Å². The Morgan fingerprint density at radius 1 is 0.781 bits per heavy atom. The van der Waals surface area contributed by atoms with Crippen molar-refractivity contribution in [3.8, 4) is 17.2 Å². The van der Waals surface area contributed by atoms with Crippen molar-refractivity contribution < 1.29 is 23.8 Å². The molecular formula is C24H27N3O5. The number of likely N-dealkylation sites (N-methyl/N-ethyl adjacent to an activating group) is 1. The lowest BCUT2D eigenvalue weighted by Gasteiger charge is -2.34. The molecule has 168 valence electrons. The minimum Gasteiger partial charge on any atom is -0.497 e. The predicted octanol–water partition coefficient (Wildman–Crippen LogP) is 2.24. The summed E-state index contributed by atoms with van der Waals surface area (Å²) in [6.07, 6.45) is 0. The smallest absolute Gasteiger partial charge is 0.282 e. The van der Waals surface area contributed by atoms with Gasteiger partial charge in [0.05, 0.1) is 32.6 Å². The maximum absolute atomic E-state index is 13.8. The number of hydrogen-bond donors (Lipinski definition) is 0. The van der Waals surface area contributed by atoms with Gasteiger partial charge in [0, 0.05) is 49.9 Å². The van der Waals surface area contributed by atoms with Gasteiger partial charge in [0.25, 0.3) is 11.8 Å². The van der Waals surface area contributed by atoms with Crippen LogP contribution in [0, 0.1) is 0 Å². The second-order valence-electron chi connectivity index (χ2n) is 7.73. The number of hydrogen-bond acceptors (Lipinski definition) is 7. The molecule has 0 bridgehead atoms. The molecule has 2 aromatic rings. The number of carbonyl (C=O) groups excluding carboxylic acids is 2. The van der Waals surface area contributed by atoms with Crippen LogP contribution in [-0.2, 0) is 9.59 Å². The van der Waals surface area contributed by atoms with E-state index in [1.54, 1.807) is 31.4 Å². The van der Waals surface area contributed by atoms with Crippen LogP contribution in [0.4, 0.5) is 5.69 Å². The third-order valence-electron chi connectivity index (χ3n) is 5.85. The molecule has 1 saturated heterocycles. The molecule has 0 atom stereocenters. The van der Waals surface area contributed by atoms with Crippen LogP contribution < -0.4 is 19.1 Å². The summed E-state index contributed by atoms with van der Waals surface area (Å²) in [4.78, 5) is 32.9. The zero-order valence-corrected chi connectivity index (χ0v) is 18.8. The SMILES string of the molecule is COc1cc(OC)cc(N2C(=O)C(c3ccccc3OC)=C(N3CCN(C)CC3)C2=O)c1. The molecule has 0 saturated carbocycles. The summed E-state index contributed by atoms with van der Waals surface area (Å²) in [5, 5.41) is 0. The lowest BCUT2D eigenvalue weighted by molar-refractivity contribution is -0.120. The number of nitrogens with zero attached hydrogens (tertiary/aromatic N) is 3. The van der Waals surface area contributed by atoms with E-state index in [0.717, 1.165) is 13.1 Å². The summed E-state index contributed by atoms with van der Waals surface area (Å²) >= 11 is 0. The van der Waals surface area contributed by atoms with E-state index in [9.17, 15) is 9.59 Å². The number of para-hydroxylation sites is 1. The van der Waals surface area contributed by atoms with Gasteiger partial charge in [-0.05, 0) is 13.1 Å². The Balaban J connectivity index is 1.85. The average Bonchev–Trinajstić information content (AvgIpc) is 3.08. The van der Waals surface area contributed by atoms with Crippen LogP contribution in [0.2, 0.25) is 0 Å². The Bertz CT molecular complexity index is 1050. The highest BCUT2D eigenvalue weighted by molar-refractivity contribution is 6.45. The van der Waals surface area contributed by atoms with E-state index in [-0.39, 0.29) is 5.91 Å². The first-order chi connectivity index (χ1) is 15.5. The van der Waals surface area contributed by atoms with Gasteiger partial charge in [0.2, 0.25) is 0 Å². The van der Waals surface area contributed by atoms with Gasteiger partial charge in [-0.25, -0.2) is 4.90 Å². The molecule has 2 heterocycles. The zero-order valence-electron chi connectivity index (χ0n) is 18.8. The predicted molar refractivity (Wildman–Crippen MR) is 121 cm³/mol. The average molecular weight is 437 g/mol. The van der Waals surface area contributed by atoms with E-state index < -0.39 is 5.91 Å². The summed E-state index contributed by atoms with van der Waals surface area (Å²) in [7, 11) is 6.66. The zero-order chi connectivity index (χ0) is 22.8. The van der Waals surface area contributed by atoms with Crippen molar-refractivity contribution in [1.82, 2.24) is 9.80 Å². The van der Waals surface area contributed by atoms with Crippen molar-refractivity contribution in [3.05, 3.63) is 53.7 Å². The number of imide groups is 1. The third kappa shape index (κ3) is 3.78. The van der Waals surface area contributed by atoms with E-state index >= 15 is 0 Å². The molecule has 32 heavy (non-hydrogen) atoms. The molecule has 0 aromatic heterocycles. The number of ether oxygens (including phenoxy) is 3. The highest BCUT2D eigenvalue weighted by Gasteiger charge is 2.44. The number of piperazine rings is 1. The van der Waals surface area contributed by atoms with Crippen LogP contribution in [0.3, 0.4) is 0 Å². The molecule has 0 spiro atoms. The van der Waals surface area contributed by atoms with Crippen molar-refractivity contribution in [2.24, 2.45) is 0 Å². The molecule has 0 aliphatic carbocycles. The summed E-state index contributed by atoms with van der Waals surface area (Å²) in [6.45, 7) is 2.91. The van der Waals surface area contributed by atoms with E-state index in [1.807, 2.05) is 30.1 Å². The first-order valence-electron chi connectivity index (χ1n) is 10.4. The van der Waals surface area contributed by atoms with Crippen molar-refractivity contribution in [3.63, 3.8) is 0 Å². The quantitative estimate of drug-likeness (QED) is 0.642. The van der Waals surface area contributed by atoms with Gasteiger partial charge in [-0.2, -0.15) is 0 Å². The fourth-order valence-corrected chi connectivity index (χ4v) is 4.09. The van der Waals surface area contributed by atoms with E-state index in [4.69, 9.17) is 14.2 Å². The van der Waals surface area contributed by atoms with Crippen LogP contribution in [-0.4, -0.2) is 76.2 Å². The van der Waals surface area contributed by atoms with E-state index in [0.29, 0.717) is 52.9 Å². The number of rotatable bonds is 6. The number of anilines is 1. The Kier molecular flexibility index (Phi) is 6.05. The van der Waals surface area contributed by atoms with Crippen molar-refractivity contribution in [2.45, 2.75) is 0 Å². The van der Waals surface area contributed by atoms with Crippen LogP contribution in [0.25, 0.3) is 5.57 Å². The highest BCUT2D eigenvalue weighted by atomic mass is 16.5. The molecule has 8 heteroatoms. The number of benzene rings is 2. The number of amides is 2. The first kappa shape index (κ1) is 21.7. The molecule has 0 unspecified atom stereocenters. The van der Waals surface area contributed by atoms with Crippen molar-refractivity contribution in [1.29, 1.82) is 0 Å². The third-order valence-corrected chi connectivity index (χ3v) is 5.85. The van der Waals surface area contributed by atoms with E-state index in [2.05, 4.69) is 4.90 Å². The molecule has 2 amide bonds. The Morgan fingerprint density at radius 3 is 2.00 bits per heavy atom. The van der Waals surface area contributed by atoms with Crippen LogP contribution in [0.5, 0.6) is 17.2 Å². The minimum absolute atomic E-state index is 0.346. The Labute approximate surface area is 187 Å². The van der Waals surface area contributed by atoms with Crippen LogP contribution in [0.15, 0.2) is 48.2 Å². The summed E-state index contributed by atoms with van der Waals surface area (Å²) in [5.41, 5.74) is 1.74. The van der Waals surface area contributed by atoms with Crippen molar-refractivity contribution in [2.75, 3.05) is 59.5 Å². The maximum atomic E-state index is 13.8. The molecule has 0 N–H and O–H groups in total. The van der Waals surface area contributed by atoms with Gasteiger partial charge in [0.1, 0.15) is 22.9 Å². The van der Waals surface area contributed by atoms with Crippen LogP contribution >= 0.6 is 0 Å². The summed E-state index contributed by atoms with van der Waals surface area (Å²) < 4.78 is 16.2. The molecule has 0 radical (unpaired) electrons. The maximum Gasteiger partial charge on any atom is 0.282 e. The molecule has 2 aromatic carbocycles. The summed E-state index contributed by atoms with van der Waals surface area (Å²) in [6, 6.07) is 12.3. The first-order valence-corrected chi connectivity index (χ1v) is 10.4. The molecule has 1 fully saturated rings. The molecule has 2 aliphatic rings. The normalized spacial score (nSPS) is 17.2. The lowest BCUT2D eigenvalue weighted by Crippen LogP contribution is -2.46. The summed E-state index contributed by atoms with van der Waals surface area (Å²) in [5.74, 6) is 0.763. The van der Waals surface area contributed by atoms with Gasteiger partial charge in [-0.1, -0.05) is 18.2 Å². The standard InChI is InChI=1S/C24H27N3O5/c1-25-9-11-26(12-10-25)22-21(19-7-5-6-8-20(19)32-4)23(28)27(24(22)29)16-13-17(30-2)15-18(14-16)31-3/h5-8,13-15H,9-12H2,1-4H3. The number of methoxy groups -OCH3 is 3. The highest BCUT2D eigenvalue weighted by Crippen LogP contribution is 2.40. The van der Waals surface area contributed by atoms with E-state index in [1.165, 1.54) is 19.1 Å². The van der Waals surface area contributed by atoms with Crippen molar-refractivity contribution >= 4 is 23.1 Å². The molecule has 2 aliphatic heterocycles. The second-order valence-corrected chi connectivity index (χ2v) is 7.73. The monoisotopic (exact) mass is 437 g/mol. The topological polar surface area (TPSA) is 71.6 Å². The largest absolute Gasteiger partial charge is 0.497 e. The molecular weight excluding hydrogens is 410 g/mol. The number of carbonyl (C=O) groups is 2. The lowest BCUT2D eigenvalue weighted by atomic mass is 10.0. The van der Waals surface area contributed by atoms with Gasteiger partial charge in [0.15, 0.2) is 0 Å². The van der Waals surface area contributed by atoms with Crippen LogP contribution in [0.1, 0.15) is 5.56 Å². The second kappa shape index (κ2) is 8.92. The Morgan fingerprint density at radius 2 is 1.41 bits per heavy atom. The molecule has 4 rings (SSSR count). The minimum atomic E-state index is -0.399. The van der Waals surface area contributed by atoms with Gasteiger partial charge < -0.3 is 24.0 Å². The fourth-order valence-electron chi connectivity index (χ4n) is 4.09. The Hall–Kier alpha value is -3.52.